The van der Waals surface area contributed by atoms with Gasteiger partial charge < -0.3 is 25.3 Å². The molecule has 4 heterocycles. The number of aromatic nitrogens is 3. The number of rotatable bonds is 7. The van der Waals surface area contributed by atoms with E-state index in [9.17, 15) is 8.78 Å². The second-order valence-corrected chi connectivity index (χ2v) is 12.7. The Morgan fingerprint density at radius 3 is 2.58 bits per heavy atom. The van der Waals surface area contributed by atoms with E-state index >= 15 is 0 Å². The Labute approximate surface area is 249 Å². The van der Waals surface area contributed by atoms with Crippen molar-refractivity contribution in [3.05, 3.63) is 77.4 Å². The van der Waals surface area contributed by atoms with Gasteiger partial charge in [-0.2, -0.15) is 8.78 Å². The number of aromatic amines is 2. The average molecular weight is 582 g/mol. The quantitative estimate of drug-likeness (QED) is 0.160. The van der Waals surface area contributed by atoms with E-state index in [0.29, 0.717) is 18.6 Å². The molecule has 43 heavy (non-hydrogen) atoms. The van der Waals surface area contributed by atoms with Gasteiger partial charge in [0.25, 0.3) is 0 Å². The predicted molar refractivity (Wildman–Crippen MR) is 166 cm³/mol. The zero-order valence-corrected chi connectivity index (χ0v) is 24.4. The van der Waals surface area contributed by atoms with Gasteiger partial charge in [-0.25, -0.2) is 4.98 Å². The highest BCUT2D eigenvalue weighted by Crippen LogP contribution is 2.41. The molecule has 0 bridgehead atoms. The van der Waals surface area contributed by atoms with Gasteiger partial charge in [0, 0.05) is 35.9 Å². The maximum absolute atomic E-state index is 12.5. The minimum absolute atomic E-state index is 0.0867. The lowest BCUT2D eigenvalue weighted by Gasteiger charge is -2.14. The molecule has 4 atom stereocenters. The molecule has 222 valence electrons. The third-order valence-corrected chi connectivity index (χ3v) is 9.86. The van der Waals surface area contributed by atoms with Crippen LogP contribution in [0.3, 0.4) is 0 Å². The molecule has 0 amide bonds. The molecule has 2 saturated heterocycles. The van der Waals surface area contributed by atoms with E-state index in [1.165, 1.54) is 50.6 Å². The van der Waals surface area contributed by atoms with E-state index < -0.39 is 6.61 Å². The molecule has 8 heteroatoms. The van der Waals surface area contributed by atoms with Crippen molar-refractivity contribution in [1.29, 1.82) is 0 Å². The fourth-order valence-corrected chi connectivity index (χ4v) is 7.69. The lowest BCUT2D eigenvalue weighted by Crippen LogP contribution is -2.21. The van der Waals surface area contributed by atoms with Gasteiger partial charge in [-0.3, -0.25) is 0 Å². The van der Waals surface area contributed by atoms with Crippen molar-refractivity contribution in [2.45, 2.75) is 70.2 Å². The summed E-state index contributed by atoms with van der Waals surface area (Å²) in [4.78, 5) is 12.1. The predicted octanol–water partition coefficient (Wildman–Crippen LogP) is 7.57. The van der Waals surface area contributed by atoms with E-state index in [4.69, 9.17) is 4.98 Å². The lowest BCUT2D eigenvalue weighted by molar-refractivity contribution is -0.136. The van der Waals surface area contributed by atoms with Crippen molar-refractivity contribution in [1.82, 2.24) is 25.6 Å². The van der Waals surface area contributed by atoms with Crippen LogP contribution in [0.2, 0.25) is 0 Å². The third-order valence-electron chi connectivity index (χ3n) is 9.86. The first-order chi connectivity index (χ1) is 21.0. The molecule has 0 saturated carbocycles. The molecule has 2 fully saturated rings. The van der Waals surface area contributed by atoms with Crippen LogP contribution in [0.1, 0.15) is 67.3 Å². The van der Waals surface area contributed by atoms with Gasteiger partial charge >= 0.3 is 6.61 Å². The second-order valence-electron chi connectivity index (χ2n) is 12.7. The third kappa shape index (κ3) is 4.95. The molecule has 8 rings (SSSR count). The van der Waals surface area contributed by atoms with Crippen LogP contribution in [0.15, 0.2) is 54.7 Å². The number of fused-ring (bicyclic) bond motifs is 4. The summed E-state index contributed by atoms with van der Waals surface area (Å²) in [7, 11) is 0. The molecule has 4 N–H and O–H groups in total. The number of benzene rings is 3. The van der Waals surface area contributed by atoms with E-state index in [1.54, 1.807) is 0 Å². The standard InChI is InChI=1S/C35H37F2N5O/c1-19-5-11-30(40-19)34-41-29-12-7-22-14-21(6-8-26(22)33(29)42-34)24-9-10-25(28-4-2-3-27(24)28)23-15-32(39-17-23)31-13-20(16-38-31)18-43-35(36)37/h6-10,12,14-15,17,19-20,30-31,35,38-40H,2-5,11,13,16,18H2,1H3,(H,41,42). The second kappa shape index (κ2) is 10.8. The number of nitrogens with zero attached hydrogens (tertiary/aromatic N) is 1. The number of halogens is 2. The molecule has 4 unspecified atom stereocenters. The van der Waals surface area contributed by atoms with Crippen LogP contribution in [0.25, 0.3) is 44.1 Å². The van der Waals surface area contributed by atoms with Gasteiger partial charge in [0.2, 0.25) is 0 Å². The van der Waals surface area contributed by atoms with Crippen LogP contribution in [0.5, 0.6) is 0 Å². The van der Waals surface area contributed by atoms with Crippen molar-refractivity contribution in [3.8, 4) is 22.3 Å². The molecule has 2 aromatic heterocycles. The first-order valence-electron chi connectivity index (χ1n) is 15.7. The number of ether oxygens (including phenoxy) is 1. The Kier molecular flexibility index (Phi) is 6.81. The highest BCUT2D eigenvalue weighted by molar-refractivity contribution is 6.05. The van der Waals surface area contributed by atoms with Crippen molar-refractivity contribution in [2.24, 2.45) is 5.92 Å². The summed E-state index contributed by atoms with van der Waals surface area (Å²) in [6.45, 7) is 0.300. The van der Waals surface area contributed by atoms with Crippen molar-refractivity contribution < 1.29 is 13.5 Å². The zero-order valence-electron chi connectivity index (χ0n) is 24.4. The van der Waals surface area contributed by atoms with Gasteiger partial charge in [0.05, 0.1) is 23.7 Å². The van der Waals surface area contributed by atoms with Crippen LogP contribution >= 0.6 is 0 Å². The van der Waals surface area contributed by atoms with E-state index in [0.717, 1.165) is 54.7 Å². The van der Waals surface area contributed by atoms with E-state index in [2.05, 4.69) is 87.0 Å². The molecule has 6 nitrogen and oxygen atoms in total. The Balaban J connectivity index is 1.07. The average Bonchev–Trinajstić information content (AvgIpc) is 3.84. The van der Waals surface area contributed by atoms with E-state index in [1.807, 2.05) is 0 Å². The Bertz CT molecular complexity index is 1810. The van der Waals surface area contributed by atoms with Gasteiger partial charge in [-0.15, -0.1) is 0 Å². The van der Waals surface area contributed by atoms with Crippen LogP contribution in [0.4, 0.5) is 8.78 Å². The minimum Gasteiger partial charge on any atom is -0.363 e. The normalized spacial score (nSPS) is 23.7. The highest BCUT2D eigenvalue weighted by atomic mass is 19.3. The summed E-state index contributed by atoms with van der Waals surface area (Å²) >= 11 is 0. The Hall–Kier alpha value is -3.59. The molecule has 5 aromatic rings. The zero-order chi connectivity index (χ0) is 29.1. The molecule has 2 aliphatic heterocycles. The van der Waals surface area contributed by atoms with Crippen molar-refractivity contribution in [2.75, 3.05) is 13.2 Å². The first-order valence-corrected chi connectivity index (χ1v) is 15.7. The fraction of sp³-hybridized carbons (Fsp3) is 0.400. The minimum atomic E-state index is -2.71. The maximum atomic E-state index is 12.5. The molecule has 3 aliphatic rings. The molecule has 1 aliphatic carbocycles. The van der Waals surface area contributed by atoms with Crippen molar-refractivity contribution in [3.63, 3.8) is 0 Å². The lowest BCUT2D eigenvalue weighted by atomic mass is 9.90. The molecule has 0 radical (unpaired) electrons. The molecule has 0 spiro atoms. The largest absolute Gasteiger partial charge is 0.363 e. The van der Waals surface area contributed by atoms with Gasteiger partial charge in [0.15, 0.2) is 0 Å². The maximum Gasteiger partial charge on any atom is 0.345 e. The number of alkyl halides is 2. The van der Waals surface area contributed by atoms with Crippen LogP contribution < -0.4 is 10.6 Å². The summed E-state index contributed by atoms with van der Waals surface area (Å²) in [6, 6.07) is 18.9. The van der Waals surface area contributed by atoms with Crippen LogP contribution in [-0.4, -0.2) is 40.8 Å². The fourth-order valence-electron chi connectivity index (χ4n) is 7.69. The van der Waals surface area contributed by atoms with Crippen LogP contribution in [-0.2, 0) is 17.6 Å². The SMILES string of the molecule is CC1CCC(c2nc3c(ccc4cc(-c5ccc(-c6c[nH]c(C7CC(COC(F)F)CN7)c6)c6c5CCC6)ccc43)[nH]2)N1. The summed E-state index contributed by atoms with van der Waals surface area (Å²) in [5.41, 5.74) is 11.2. The smallest absolute Gasteiger partial charge is 0.345 e. The Morgan fingerprint density at radius 2 is 1.79 bits per heavy atom. The van der Waals surface area contributed by atoms with Gasteiger partial charge in [-0.1, -0.05) is 30.3 Å². The highest BCUT2D eigenvalue weighted by Gasteiger charge is 2.28. The topological polar surface area (TPSA) is 77.8 Å². The first kappa shape index (κ1) is 27.0. The van der Waals surface area contributed by atoms with Gasteiger partial charge in [0.1, 0.15) is 5.82 Å². The summed E-state index contributed by atoms with van der Waals surface area (Å²) in [5, 5.41) is 9.52. The number of nitrogens with one attached hydrogen (secondary N) is 4. The summed E-state index contributed by atoms with van der Waals surface area (Å²) < 4.78 is 29.5. The number of hydrogen-bond acceptors (Lipinski definition) is 4. The van der Waals surface area contributed by atoms with E-state index in [-0.39, 0.29) is 18.6 Å². The molecule has 3 aromatic carbocycles. The summed E-state index contributed by atoms with van der Waals surface area (Å²) in [5.74, 6) is 1.14. The summed E-state index contributed by atoms with van der Waals surface area (Å²) in [6.07, 6.45) is 8.49. The molecular formula is C35H37F2N5O. The number of H-pyrrole nitrogens is 2. The monoisotopic (exact) mass is 581 g/mol. The van der Waals surface area contributed by atoms with Gasteiger partial charge in [-0.05, 0) is 108 Å². The molecular weight excluding hydrogens is 544 g/mol. The van der Waals surface area contributed by atoms with Crippen LogP contribution in [0, 0.1) is 5.92 Å². The number of hydrogen-bond donors (Lipinski definition) is 4. The number of imidazole rings is 1. The Morgan fingerprint density at radius 1 is 0.953 bits per heavy atom. The van der Waals surface area contributed by atoms with Crippen molar-refractivity contribution >= 4 is 21.8 Å².